The molecule has 0 radical (unpaired) electrons. The molecule has 10 heteroatoms. The van der Waals surface area contributed by atoms with E-state index >= 15 is 0 Å². The Kier molecular flexibility index (Phi) is 8.96. The van der Waals surface area contributed by atoms with Gasteiger partial charge in [0, 0.05) is 23.3 Å². The number of carbonyl (C=O) groups excluding carboxylic acids is 3. The second-order valence-corrected chi connectivity index (χ2v) is 8.27. The molecule has 0 aliphatic carbocycles. The molecule has 1 heterocycles. The van der Waals surface area contributed by atoms with Crippen LogP contribution in [0.25, 0.3) is 0 Å². The van der Waals surface area contributed by atoms with Gasteiger partial charge in [-0.1, -0.05) is 15.9 Å². The van der Waals surface area contributed by atoms with Crippen molar-refractivity contribution in [2.24, 2.45) is 5.10 Å². The van der Waals surface area contributed by atoms with Crippen molar-refractivity contribution in [3.63, 3.8) is 0 Å². The summed E-state index contributed by atoms with van der Waals surface area (Å²) in [5.74, 6) is -1.38. The van der Waals surface area contributed by atoms with Crippen molar-refractivity contribution >= 4 is 45.6 Å². The predicted molar refractivity (Wildman–Crippen MR) is 127 cm³/mol. The lowest BCUT2D eigenvalue weighted by atomic mass is 10.2. The molecule has 1 aliphatic heterocycles. The van der Waals surface area contributed by atoms with Crippen molar-refractivity contribution in [2.45, 2.75) is 25.9 Å². The van der Waals surface area contributed by atoms with E-state index in [9.17, 15) is 14.4 Å². The largest absolute Gasteiger partial charge is 0.484 e. The number of hydrogen-bond donors (Lipinski definition) is 3. The molecule has 1 atom stereocenters. The summed E-state index contributed by atoms with van der Waals surface area (Å²) in [6.07, 6.45) is 3.19. The second-order valence-electron chi connectivity index (χ2n) is 7.41. The van der Waals surface area contributed by atoms with Crippen LogP contribution in [0.1, 0.15) is 24.0 Å². The zero-order chi connectivity index (χ0) is 23.6. The number of nitrogens with zero attached hydrogens (tertiary/aromatic N) is 1. The van der Waals surface area contributed by atoms with Crippen molar-refractivity contribution in [3.8, 4) is 5.75 Å². The van der Waals surface area contributed by atoms with Gasteiger partial charge in [-0.3, -0.25) is 14.4 Å². The number of amides is 3. The number of nitrogens with one attached hydrogen (secondary N) is 3. The summed E-state index contributed by atoms with van der Waals surface area (Å²) in [6, 6.07) is 12.3. The van der Waals surface area contributed by atoms with Crippen LogP contribution in [0.2, 0.25) is 0 Å². The number of hydrazone groups is 1. The van der Waals surface area contributed by atoms with E-state index in [1.807, 2.05) is 19.1 Å². The molecule has 9 nitrogen and oxygen atoms in total. The third-order valence-corrected chi connectivity index (χ3v) is 5.68. The van der Waals surface area contributed by atoms with Crippen molar-refractivity contribution in [1.29, 1.82) is 0 Å². The topological polar surface area (TPSA) is 118 Å². The van der Waals surface area contributed by atoms with Gasteiger partial charge in [0.2, 0.25) is 0 Å². The predicted octanol–water partition coefficient (Wildman–Crippen LogP) is 2.52. The van der Waals surface area contributed by atoms with Gasteiger partial charge in [0.1, 0.15) is 5.75 Å². The zero-order valence-corrected chi connectivity index (χ0v) is 19.7. The first-order valence-electron chi connectivity index (χ1n) is 10.4. The van der Waals surface area contributed by atoms with Crippen LogP contribution in [0, 0.1) is 6.92 Å². The SMILES string of the molecule is Cc1cc(NC(=O)COc2ccc(/C=N\NC(=O)C(=O)NC[C@H]3CCCO3)cc2)ccc1Br. The summed E-state index contributed by atoms with van der Waals surface area (Å²) in [5.41, 5.74) is 4.57. The van der Waals surface area contributed by atoms with Gasteiger partial charge in [-0.25, -0.2) is 5.43 Å². The average Bonchev–Trinajstić information content (AvgIpc) is 3.33. The molecule has 0 saturated carbocycles. The van der Waals surface area contributed by atoms with E-state index in [2.05, 4.69) is 37.1 Å². The Morgan fingerprint density at radius 2 is 1.97 bits per heavy atom. The second kappa shape index (κ2) is 12.1. The Morgan fingerprint density at radius 1 is 1.18 bits per heavy atom. The normalized spacial score (nSPS) is 15.3. The Balaban J connectivity index is 1.38. The molecule has 3 rings (SSSR count). The number of benzene rings is 2. The fourth-order valence-corrected chi connectivity index (χ4v) is 3.27. The molecular formula is C23H25BrN4O5. The van der Waals surface area contributed by atoms with Crippen LogP contribution in [0.5, 0.6) is 5.75 Å². The zero-order valence-electron chi connectivity index (χ0n) is 18.1. The minimum atomic E-state index is -0.851. The number of carbonyl (C=O) groups is 3. The van der Waals surface area contributed by atoms with E-state index < -0.39 is 11.8 Å². The Hall–Kier alpha value is -3.24. The van der Waals surface area contributed by atoms with Gasteiger partial charge < -0.3 is 20.1 Å². The first-order valence-corrected chi connectivity index (χ1v) is 11.2. The first kappa shape index (κ1) is 24.4. The van der Waals surface area contributed by atoms with Crippen LogP contribution in [0.4, 0.5) is 5.69 Å². The minimum Gasteiger partial charge on any atom is -0.484 e. The monoisotopic (exact) mass is 516 g/mol. The van der Waals surface area contributed by atoms with Crippen molar-refractivity contribution in [3.05, 3.63) is 58.1 Å². The fourth-order valence-electron chi connectivity index (χ4n) is 3.03. The highest BCUT2D eigenvalue weighted by Gasteiger charge is 2.18. The van der Waals surface area contributed by atoms with E-state index in [0.29, 0.717) is 30.2 Å². The highest BCUT2D eigenvalue weighted by molar-refractivity contribution is 9.10. The van der Waals surface area contributed by atoms with Gasteiger partial charge in [0.15, 0.2) is 6.61 Å². The minimum absolute atomic E-state index is 0.0398. The van der Waals surface area contributed by atoms with Crippen molar-refractivity contribution in [1.82, 2.24) is 10.7 Å². The molecule has 0 aromatic heterocycles. The molecule has 33 heavy (non-hydrogen) atoms. The highest BCUT2D eigenvalue weighted by atomic mass is 79.9. The van der Waals surface area contributed by atoms with Crippen molar-refractivity contribution < 1.29 is 23.9 Å². The van der Waals surface area contributed by atoms with E-state index in [1.165, 1.54) is 6.21 Å². The van der Waals surface area contributed by atoms with Crippen LogP contribution < -0.4 is 20.8 Å². The maximum atomic E-state index is 12.1. The maximum absolute atomic E-state index is 12.1. The standard InChI is InChI=1S/C23H25BrN4O5/c1-15-11-17(6-9-20(15)24)27-21(29)14-33-18-7-4-16(5-8-18)12-26-28-23(31)22(30)25-13-19-3-2-10-32-19/h4-9,11-12,19H,2-3,10,13-14H2,1H3,(H,25,30)(H,27,29)(H,28,31)/b26-12-/t19-/m1/s1. The van der Waals surface area contributed by atoms with E-state index in [0.717, 1.165) is 22.9 Å². The van der Waals surface area contributed by atoms with Crippen molar-refractivity contribution in [2.75, 3.05) is 25.1 Å². The Labute approximate surface area is 200 Å². The van der Waals surface area contributed by atoms with Gasteiger partial charge in [-0.05, 0) is 73.4 Å². The number of rotatable bonds is 8. The molecule has 3 N–H and O–H groups in total. The summed E-state index contributed by atoms with van der Waals surface area (Å²) in [7, 11) is 0. The number of aryl methyl sites for hydroxylation is 1. The maximum Gasteiger partial charge on any atom is 0.329 e. The van der Waals surface area contributed by atoms with Crippen LogP contribution in [0.15, 0.2) is 52.0 Å². The van der Waals surface area contributed by atoms with E-state index in [1.54, 1.807) is 30.3 Å². The van der Waals surface area contributed by atoms with Crippen LogP contribution in [0.3, 0.4) is 0 Å². The van der Waals surface area contributed by atoms with Crippen LogP contribution in [-0.2, 0) is 19.1 Å². The third kappa shape index (κ3) is 7.99. The first-order chi connectivity index (χ1) is 15.9. The molecule has 1 saturated heterocycles. The molecule has 0 unspecified atom stereocenters. The molecule has 2 aromatic carbocycles. The van der Waals surface area contributed by atoms with Gasteiger partial charge in [0.25, 0.3) is 5.91 Å². The van der Waals surface area contributed by atoms with Crippen LogP contribution >= 0.6 is 15.9 Å². The van der Waals surface area contributed by atoms with Gasteiger partial charge in [-0.2, -0.15) is 5.10 Å². The third-order valence-electron chi connectivity index (χ3n) is 4.79. The molecule has 174 valence electrons. The summed E-state index contributed by atoms with van der Waals surface area (Å²) < 4.78 is 11.9. The number of hydrogen-bond acceptors (Lipinski definition) is 6. The molecule has 1 fully saturated rings. The van der Waals surface area contributed by atoms with Gasteiger partial charge in [-0.15, -0.1) is 0 Å². The van der Waals surface area contributed by atoms with E-state index in [4.69, 9.17) is 9.47 Å². The molecule has 2 aromatic rings. The van der Waals surface area contributed by atoms with Gasteiger partial charge in [0.05, 0.1) is 12.3 Å². The smallest absolute Gasteiger partial charge is 0.329 e. The van der Waals surface area contributed by atoms with Crippen LogP contribution in [-0.4, -0.2) is 49.8 Å². The lowest BCUT2D eigenvalue weighted by Gasteiger charge is -2.09. The highest BCUT2D eigenvalue weighted by Crippen LogP contribution is 2.20. The quantitative estimate of drug-likeness (QED) is 0.283. The summed E-state index contributed by atoms with van der Waals surface area (Å²) >= 11 is 3.42. The molecule has 0 bridgehead atoms. The summed E-state index contributed by atoms with van der Waals surface area (Å²) in [5, 5.41) is 9.08. The number of anilines is 1. The number of halogens is 1. The Bertz CT molecular complexity index is 1020. The summed E-state index contributed by atoms with van der Waals surface area (Å²) in [6.45, 7) is 2.78. The Morgan fingerprint density at radius 3 is 2.67 bits per heavy atom. The fraction of sp³-hybridized carbons (Fsp3) is 0.304. The lowest BCUT2D eigenvalue weighted by Crippen LogP contribution is -2.41. The molecule has 1 aliphatic rings. The van der Waals surface area contributed by atoms with Gasteiger partial charge >= 0.3 is 11.8 Å². The summed E-state index contributed by atoms with van der Waals surface area (Å²) in [4.78, 5) is 35.6. The molecule has 3 amide bonds. The lowest BCUT2D eigenvalue weighted by molar-refractivity contribution is -0.139. The van der Waals surface area contributed by atoms with E-state index in [-0.39, 0.29) is 18.6 Å². The molecular weight excluding hydrogens is 492 g/mol. The molecule has 0 spiro atoms. The average molecular weight is 517 g/mol. The number of ether oxygens (including phenoxy) is 2.